The molecule has 0 spiro atoms. The van der Waals surface area contributed by atoms with Crippen molar-refractivity contribution >= 4 is 34.7 Å². The van der Waals surface area contributed by atoms with Gasteiger partial charge in [-0.3, -0.25) is 0 Å². The molecule has 2 rings (SSSR count). The molecule has 2 N–H and O–H groups in total. The van der Waals surface area contributed by atoms with Gasteiger partial charge in [-0.15, -0.1) is 0 Å². The average molecular weight is 266 g/mol. The summed E-state index contributed by atoms with van der Waals surface area (Å²) < 4.78 is 0. The summed E-state index contributed by atoms with van der Waals surface area (Å²) in [5.41, 5.74) is 9.32. The van der Waals surface area contributed by atoms with E-state index in [0.29, 0.717) is 10.2 Å². The van der Waals surface area contributed by atoms with Crippen molar-refractivity contribution in [3.8, 4) is 0 Å². The fourth-order valence-corrected chi connectivity index (χ4v) is 3.48. The van der Waals surface area contributed by atoms with Crippen LogP contribution < -0.4 is 10.6 Å². The third kappa shape index (κ3) is 2.75. The van der Waals surface area contributed by atoms with Crippen LogP contribution in [0.4, 0.5) is 5.69 Å². The first-order valence-electron chi connectivity index (χ1n) is 5.85. The zero-order chi connectivity index (χ0) is 12.4. The second-order valence-electron chi connectivity index (χ2n) is 4.46. The van der Waals surface area contributed by atoms with Crippen molar-refractivity contribution in [2.24, 2.45) is 5.73 Å². The van der Waals surface area contributed by atoms with Gasteiger partial charge in [0, 0.05) is 35.3 Å². The number of nitrogens with zero attached hydrogens (tertiary/aromatic N) is 1. The molecule has 92 valence electrons. The molecule has 0 saturated carbocycles. The summed E-state index contributed by atoms with van der Waals surface area (Å²) in [6.45, 7) is 6.56. The molecule has 0 aliphatic carbocycles. The Morgan fingerprint density at radius 1 is 1.53 bits per heavy atom. The van der Waals surface area contributed by atoms with Crippen molar-refractivity contribution < 1.29 is 0 Å². The molecule has 0 amide bonds. The molecule has 1 saturated heterocycles. The standard InChI is InChI=1S/C13H18N2S2/c1-9-4-3-5-11(13(14)16)12(9)15-6-7-17-10(2)8-15/h3-5,10H,6-8H2,1-2H3,(H2,14,16). The summed E-state index contributed by atoms with van der Waals surface area (Å²) in [6, 6.07) is 6.18. The van der Waals surface area contributed by atoms with Crippen molar-refractivity contribution in [1.29, 1.82) is 0 Å². The minimum atomic E-state index is 0.495. The molecule has 1 aromatic rings. The van der Waals surface area contributed by atoms with Gasteiger partial charge in [0.1, 0.15) is 4.99 Å². The quantitative estimate of drug-likeness (QED) is 0.833. The minimum Gasteiger partial charge on any atom is -0.389 e. The third-order valence-electron chi connectivity index (χ3n) is 3.06. The van der Waals surface area contributed by atoms with E-state index in [1.165, 1.54) is 17.0 Å². The van der Waals surface area contributed by atoms with Crippen LogP contribution in [0.15, 0.2) is 18.2 Å². The molecule has 17 heavy (non-hydrogen) atoms. The molecule has 4 heteroatoms. The topological polar surface area (TPSA) is 29.3 Å². The first-order chi connectivity index (χ1) is 8.09. The lowest BCUT2D eigenvalue weighted by molar-refractivity contribution is 0.779. The van der Waals surface area contributed by atoms with Crippen LogP contribution in [-0.4, -0.2) is 29.1 Å². The van der Waals surface area contributed by atoms with Crippen LogP contribution in [0.25, 0.3) is 0 Å². The summed E-state index contributed by atoms with van der Waals surface area (Å²) in [5.74, 6) is 1.17. The maximum absolute atomic E-state index is 5.82. The number of thiocarbonyl (C=S) groups is 1. The van der Waals surface area contributed by atoms with E-state index in [-0.39, 0.29) is 0 Å². The Hall–Kier alpha value is -0.740. The van der Waals surface area contributed by atoms with Crippen molar-refractivity contribution in [2.75, 3.05) is 23.7 Å². The second-order valence-corrected chi connectivity index (χ2v) is 6.45. The third-order valence-corrected chi connectivity index (χ3v) is 4.42. The summed E-state index contributed by atoms with van der Waals surface area (Å²) >= 11 is 7.18. The summed E-state index contributed by atoms with van der Waals surface area (Å²) in [4.78, 5) is 2.92. The molecule has 0 radical (unpaired) electrons. The number of para-hydroxylation sites is 1. The molecule has 1 aliphatic heterocycles. The average Bonchev–Trinajstić information content (AvgIpc) is 2.28. The van der Waals surface area contributed by atoms with Crippen LogP contribution in [0.1, 0.15) is 18.1 Å². The number of hydrogen-bond acceptors (Lipinski definition) is 3. The number of hydrogen-bond donors (Lipinski definition) is 1. The van der Waals surface area contributed by atoms with E-state index in [2.05, 4.69) is 24.8 Å². The molecule has 1 fully saturated rings. The molecular formula is C13H18N2S2. The van der Waals surface area contributed by atoms with Crippen LogP contribution >= 0.6 is 24.0 Å². The lowest BCUT2D eigenvalue weighted by atomic mass is 10.1. The second kappa shape index (κ2) is 5.27. The van der Waals surface area contributed by atoms with Crippen molar-refractivity contribution in [3.63, 3.8) is 0 Å². The highest BCUT2D eigenvalue weighted by Gasteiger charge is 2.21. The first kappa shape index (κ1) is 12.7. The van der Waals surface area contributed by atoms with E-state index in [4.69, 9.17) is 18.0 Å². The van der Waals surface area contributed by atoms with Gasteiger partial charge in [0.25, 0.3) is 0 Å². The van der Waals surface area contributed by atoms with Crippen molar-refractivity contribution in [3.05, 3.63) is 29.3 Å². The van der Waals surface area contributed by atoms with E-state index < -0.39 is 0 Å². The molecule has 1 aromatic carbocycles. The Kier molecular flexibility index (Phi) is 3.94. The highest BCUT2D eigenvalue weighted by atomic mass is 32.2. The molecular weight excluding hydrogens is 248 g/mol. The van der Waals surface area contributed by atoms with Crippen LogP contribution in [0.2, 0.25) is 0 Å². The Morgan fingerprint density at radius 3 is 2.94 bits per heavy atom. The molecule has 1 heterocycles. The molecule has 1 atom stereocenters. The number of anilines is 1. The smallest absolute Gasteiger partial charge is 0.106 e. The Labute approximate surface area is 113 Å². The fraction of sp³-hybridized carbons (Fsp3) is 0.462. The van der Waals surface area contributed by atoms with Crippen LogP contribution in [-0.2, 0) is 0 Å². The predicted molar refractivity (Wildman–Crippen MR) is 81.2 cm³/mol. The molecule has 2 nitrogen and oxygen atoms in total. The monoisotopic (exact) mass is 266 g/mol. The summed E-state index contributed by atoms with van der Waals surface area (Å²) in [5, 5.41) is 0.669. The van der Waals surface area contributed by atoms with Gasteiger partial charge in [-0.2, -0.15) is 11.8 Å². The van der Waals surface area contributed by atoms with Crippen molar-refractivity contribution in [2.45, 2.75) is 19.1 Å². The van der Waals surface area contributed by atoms with Crippen LogP contribution in [0.5, 0.6) is 0 Å². The number of thioether (sulfide) groups is 1. The number of nitrogens with two attached hydrogens (primary N) is 1. The zero-order valence-corrected chi connectivity index (χ0v) is 11.9. The maximum Gasteiger partial charge on any atom is 0.106 e. The van der Waals surface area contributed by atoms with Crippen LogP contribution in [0, 0.1) is 6.92 Å². The number of benzene rings is 1. The molecule has 1 unspecified atom stereocenters. The van der Waals surface area contributed by atoms with Gasteiger partial charge in [0.2, 0.25) is 0 Å². The molecule has 0 bridgehead atoms. The largest absolute Gasteiger partial charge is 0.389 e. The number of aryl methyl sites for hydroxylation is 1. The van der Waals surface area contributed by atoms with Crippen LogP contribution in [0.3, 0.4) is 0 Å². The van der Waals surface area contributed by atoms with Gasteiger partial charge in [0.15, 0.2) is 0 Å². The van der Waals surface area contributed by atoms with Gasteiger partial charge in [-0.1, -0.05) is 31.3 Å². The summed E-state index contributed by atoms with van der Waals surface area (Å²) in [7, 11) is 0. The maximum atomic E-state index is 5.82. The highest BCUT2D eigenvalue weighted by Crippen LogP contribution is 2.29. The van der Waals surface area contributed by atoms with E-state index in [0.717, 1.165) is 18.7 Å². The highest BCUT2D eigenvalue weighted by molar-refractivity contribution is 8.00. The Bertz CT molecular complexity index is 431. The lowest BCUT2D eigenvalue weighted by Crippen LogP contribution is -2.38. The van der Waals surface area contributed by atoms with Gasteiger partial charge >= 0.3 is 0 Å². The summed E-state index contributed by atoms with van der Waals surface area (Å²) in [6.07, 6.45) is 0. The van der Waals surface area contributed by atoms with E-state index in [1.807, 2.05) is 23.9 Å². The van der Waals surface area contributed by atoms with Gasteiger partial charge in [-0.25, -0.2) is 0 Å². The SMILES string of the molecule is Cc1cccc(C(N)=S)c1N1CCSC(C)C1. The Morgan fingerprint density at radius 2 is 2.29 bits per heavy atom. The van der Waals surface area contributed by atoms with E-state index >= 15 is 0 Å². The van der Waals surface area contributed by atoms with Gasteiger partial charge in [0.05, 0.1) is 0 Å². The number of rotatable bonds is 2. The van der Waals surface area contributed by atoms with Gasteiger partial charge < -0.3 is 10.6 Å². The normalized spacial score (nSPS) is 20.4. The van der Waals surface area contributed by atoms with Gasteiger partial charge in [-0.05, 0) is 18.6 Å². The predicted octanol–water partition coefficient (Wildman–Crippen LogP) is 2.57. The molecule has 1 aliphatic rings. The fourth-order valence-electron chi connectivity index (χ4n) is 2.30. The van der Waals surface area contributed by atoms with E-state index in [9.17, 15) is 0 Å². The lowest BCUT2D eigenvalue weighted by Gasteiger charge is -2.34. The van der Waals surface area contributed by atoms with Crippen molar-refractivity contribution in [1.82, 2.24) is 0 Å². The zero-order valence-electron chi connectivity index (χ0n) is 10.3. The first-order valence-corrected chi connectivity index (χ1v) is 7.31. The minimum absolute atomic E-state index is 0.495. The molecule has 0 aromatic heterocycles. The van der Waals surface area contributed by atoms with E-state index in [1.54, 1.807) is 0 Å². The Balaban J connectivity index is 2.39.